The third kappa shape index (κ3) is 2.98. The lowest BCUT2D eigenvalue weighted by Crippen LogP contribution is -2.48. The first kappa shape index (κ1) is 15.7. The van der Waals surface area contributed by atoms with Gasteiger partial charge in [0.15, 0.2) is 0 Å². The number of fused-ring (bicyclic) bond motifs is 1. The normalized spacial score (nSPS) is 17.8. The van der Waals surface area contributed by atoms with Gasteiger partial charge in [-0.25, -0.2) is 4.39 Å². The number of nitrogens with one attached hydrogen (secondary N) is 1. The van der Waals surface area contributed by atoms with E-state index in [1.54, 1.807) is 29.2 Å². The summed E-state index contributed by atoms with van der Waals surface area (Å²) in [6.07, 6.45) is 5.27. The van der Waals surface area contributed by atoms with Crippen LogP contribution in [0, 0.1) is 5.82 Å². The quantitative estimate of drug-likeness (QED) is 0.774. The minimum Gasteiger partial charge on any atom is -0.329 e. The van der Waals surface area contributed by atoms with Crippen LogP contribution in [0.15, 0.2) is 42.9 Å². The molecule has 3 heterocycles. The van der Waals surface area contributed by atoms with Gasteiger partial charge in [-0.15, -0.1) is 0 Å². The number of aromatic nitrogens is 3. The van der Waals surface area contributed by atoms with Gasteiger partial charge in [0.05, 0.1) is 23.3 Å². The van der Waals surface area contributed by atoms with E-state index in [0.717, 1.165) is 12.1 Å². The van der Waals surface area contributed by atoms with Crippen molar-refractivity contribution in [2.24, 2.45) is 7.05 Å². The van der Waals surface area contributed by atoms with Crippen LogP contribution in [-0.4, -0.2) is 45.2 Å². The molecule has 3 aromatic rings. The summed E-state index contributed by atoms with van der Waals surface area (Å²) >= 11 is 0. The van der Waals surface area contributed by atoms with E-state index < -0.39 is 0 Å². The highest BCUT2D eigenvalue weighted by molar-refractivity contribution is 5.97. The van der Waals surface area contributed by atoms with Crippen molar-refractivity contribution in [1.82, 2.24) is 25.0 Å². The van der Waals surface area contributed by atoms with E-state index >= 15 is 0 Å². The Labute approximate surface area is 144 Å². The summed E-state index contributed by atoms with van der Waals surface area (Å²) in [7, 11) is 1.85. The number of pyridine rings is 1. The molecule has 0 saturated carbocycles. The zero-order chi connectivity index (χ0) is 17.4. The molecule has 128 valence electrons. The Kier molecular flexibility index (Phi) is 3.93. The molecule has 2 aromatic heterocycles. The molecule has 1 aliphatic rings. The maximum absolute atomic E-state index is 13.5. The van der Waals surface area contributed by atoms with Gasteiger partial charge in [-0.2, -0.15) is 5.10 Å². The number of hydrogen-bond acceptors (Lipinski definition) is 4. The highest BCUT2D eigenvalue weighted by Crippen LogP contribution is 2.24. The van der Waals surface area contributed by atoms with Gasteiger partial charge in [-0.3, -0.25) is 14.5 Å². The Bertz CT molecular complexity index is 938. The maximum Gasteiger partial charge on any atom is 0.256 e. The fraction of sp³-hybridized carbons (Fsp3) is 0.278. The van der Waals surface area contributed by atoms with Crippen LogP contribution in [0.3, 0.4) is 0 Å². The molecule has 6 nitrogen and oxygen atoms in total. The van der Waals surface area contributed by atoms with Crippen LogP contribution < -0.4 is 5.32 Å². The standard InChI is InChI=1S/C18H18FN5O/c1-23-11-14(9-22-23)17-10-20-4-5-24(17)18(25)13-6-12-7-15(19)2-3-16(12)21-8-13/h2-3,6-9,11,17,20H,4-5,10H2,1H3. The maximum atomic E-state index is 13.5. The lowest BCUT2D eigenvalue weighted by atomic mass is 10.1. The average Bonchev–Trinajstić information content (AvgIpc) is 3.06. The average molecular weight is 339 g/mol. The van der Waals surface area contributed by atoms with Crippen LogP contribution in [0.2, 0.25) is 0 Å². The summed E-state index contributed by atoms with van der Waals surface area (Å²) < 4.78 is 15.2. The van der Waals surface area contributed by atoms with Gasteiger partial charge in [0.1, 0.15) is 5.82 Å². The van der Waals surface area contributed by atoms with Crippen LogP contribution in [0.25, 0.3) is 10.9 Å². The molecule has 0 aliphatic carbocycles. The Hall–Kier alpha value is -2.80. The zero-order valence-corrected chi connectivity index (χ0v) is 13.8. The van der Waals surface area contributed by atoms with Crippen molar-refractivity contribution >= 4 is 16.8 Å². The minimum absolute atomic E-state index is 0.0850. The number of carbonyl (C=O) groups excluding carboxylic acids is 1. The molecule has 0 bridgehead atoms. The second-order valence-electron chi connectivity index (χ2n) is 6.23. The van der Waals surface area contributed by atoms with Crippen molar-refractivity contribution in [2.45, 2.75) is 6.04 Å². The van der Waals surface area contributed by atoms with Gasteiger partial charge in [-0.05, 0) is 24.3 Å². The lowest BCUT2D eigenvalue weighted by molar-refractivity contribution is 0.0634. The van der Waals surface area contributed by atoms with Crippen molar-refractivity contribution in [3.8, 4) is 0 Å². The van der Waals surface area contributed by atoms with Gasteiger partial charge in [-0.1, -0.05) is 0 Å². The second-order valence-corrected chi connectivity index (χ2v) is 6.23. The molecule has 4 rings (SSSR count). The fourth-order valence-corrected chi connectivity index (χ4v) is 3.24. The predicted molar refractivity (Wildman–Crippen MR) is 91.6 cm³/mol. The number of aryl methyl sites for hydroxylation is 1. The second kappa shape index (κ2) is 6.25. The number of halogens is 1. The van der Waals surface area contributed by atoms with Crippen LogP contribution in [0.1, 0.15) is 22.0 Å². The number of amides is 1. The SMILES string of the molecule is Cn1cc(C2CNCCN2C(=O)c2cnc3ccc(F)cc3c2)cn1. The zero-order valence-electron chi connectivity index (χ0n) is 13.8. The molecule has 0 radical (unpaired) electrons. The molecular weight excluding hydrogens is 321 g/mol. The summed E-state index contributed by atoms with van der Waals surface area (Å²) in [5.41, 5.74) is 2.12. The number of nitrogens with zero attached hydrogens (tertiary/aromatic N) is 4. The molecular formula is C18H18FN5O. The van der Waals surface area contributed by atoms with Crippen molar-refractivity contribution in [3.63, 3.8) is 0 Å². The first-order valence-electron chi connectivity index (χ1n) is 8.17. The Morgan fingerprint density at radius 2 is 2.20 bits per heavy atom. The molecule has 1 atom stereocenters. The Morgan fingerprint density at radius 3 is 3.00 bits per heavy atom. The van der Waals surface area contributed by atoms with E-state index in [-0.39, 0.29) is 17.8 Å². The number of hydrogen-bond donors (Lipinski definition) is 1. The predicted octanol–water partition coefficient (Wildman–Crippen LogP) is 1.89. The molecule has 1 unspecified atom stereocenters. The van der Waals surface area contributed by atoms with E-state index in [0.29, 0.717) is 29.6 Å². The largest absolute Gasteiger partial charge is 0.329 e. The molecule has 1 aliphatic heterocycles. The summed E-state index contributed by atoms with van der Waals surface area (Å²) in [6.45, 7) is 2.00. The van der Waals surface area contributed by atoms with Gasteiger partial charge >= 0.3 is 0 Å². The lowest BCUT2D eigenvalue weighted by Gasteiger charge is -2.35. The summed E-state index contributed by atoms with van der Waals surface area (Å²) in [5.74, 6) is -0.441. The van der Waals surface area contributed by atoms with Crippen LogP contribution >= 0.6 is 0 Å². The minimum atomic E-state index is -0.339. The number of benzene rings is 1. The first-order valence-corrected chi connectivity index (χ1v) is 8.17. The molecule has 1 saturated heterocycles. The van der Waals surface area contributed by atoms with Gasteiger partial charge in [0.25, 0.3) is 5.91 Å². The first-order chi connectivity index (χ1) is 12.1. The molecule has 1 amide bonds. The molecule has 25 heavy (non-hydrogen) atoms. The topological polar surface area (TPSA) is 63.1 Å². The smallest absolute Gasteiger partial charge is 0.256 e. The summed E-state index contributed by atoms with van der Waals surface area (Å²) in [6, 6.07) is 6.00. The van der Waals surface area contributed by atoms with Crippen LogP contribution in [0.5, 0.6) is 0 Å². The third-order valence-corrected chi connectivity index (χ3v) is 4.50. The molecule has 1 aromatic carbocycles. The van der Waals surface area contributed by atoms with E-state index in [9.17, 15) is 9.18 Å². The van der Waals surface area contributed by atoms with Gasteiger partial charge in [0.2, 0.25) is 0 Å². The molecule has 0 spiro atoms. The van der Waals surface area contributed by atoms with E-state index in [2.05, 4.69) is 15.4 Å². The van der Waals surface area contributed by atoms with Crippen molar-refractivity contribution in [1.29, 1.82) is 0 Å². The van der Waals surface area contributed by atoms with E-state index in [1.807, 2.05) is 18.1 Å². The van der Waals surface area contributed by atoms with Crippen molar-refractivity contribution in [2.75, 3.05) is 19.6 Å². The molecule has 1 N–H and O–H groups in total. The van der Waals surface area contributed by atoms with Gasteiger partial charge < -0.3 is 10.2 Å². The van der Waals surface area contributed by atoms with Crippen molar-refractivity contribution in [3.05, 3.63) is 59.8 Å². The highest BCUT2D eigenvalue weighted by Gasteiger charge is 2.29. The van der Waals surface area contributed by atoms with E-state index in [1.165, 1.54) is 12.1 Å². The summed E-state index contributed by atoms with van der Waals surface area (Å²) in [4.78, 5) is 19.2. The Balaban J connectivity index is 1.68. The molecule has 7 heteroatoms. The van der Waals surface area contributed by atoms with Gasteiger partial charge in [0, 0.05) is 50.0 Å². The molecule has 1 fully saturated rings. The number of rotatable bonds is 2. The monoisotopic (exact) mass is 339 g/mol. The van der Waals surface area contributed by atoms with Crippen LogP contribution in [0.4, 0.5) is 4.39 Å². The Morgan fingerprint density at radius 1 is 1.32 bits per heavy atom. The fourth-order valence-electron chi connectivity index (χ4n) is 3.24. The number of carbonyl (C=O) groups is 1. The van der Waals surface area contributed by atoms with Crippen molar-refractivity contribution < 1.29 is 9.18 Å². The third-order valence-electron chi connectivity index (χ3n) is 4.50. The van der Waals surface area contributed by atoms with E-state index in [4.69, 9.17) is 0 Å². The number of piperazine rings is 1. The summed E-state index contributed by atoms with van der Waals surface area (Å²) in [5, 5.41) is 8.15. The highest BCUT2D eigenvalue weighted by atomic mass is 19.1. The van der Waals surface area contributed by atoms with Crippen LogP contribution in [-0.2, 0) is 7.05 Å².